The van der Waals surface area contributed by atoms with E-state index in [-0.39, 0.29) is 24.3 Å². The minimum absolute atomic E-state index is 0. The molecule has 1 aliphatic carbocycles. The van der Waals surface area contributed by atoms with E-state index < -0.39 is 5.54 Å². The largest absolute Gasteiger partial charge is 0.338 e. The first-order chi connectivity index (χ1) is 9.07. The zero-order chi connectivity index (χ0) is 13.9. The summed E-state index contributed by atoms with van der Waals surface area (Å²) >= 11 is 0. The predicted octanol–water partition coefficient (Wildman–Crippen LogP) is 0.553. The number of nitrogens with zero attached hydrogens (tertiary/aromatic N) is 2. The molecule has 2 fully saturated rings. The van der Waals surface area contributed by atoms with Crippen LogP contribution in [0.3, 0.4) is 0 Å². The molecule has 20 heavy (non-hydrogen) atoms. The molecule has 116 valence electrons. The van der Waals surface area contributed by atoms with Crippen molar-refractivity contribution in [3.8, 4) is 0 Å². The van der Waals surface area contributed by atoms with Crippen molar-refractivity contribution in [2.24, 2.45) is 5.73 Å². The average Bonchev–Trinajstić information content (AvgIpc) is 2.86. The highest BCUT2D eigenvalue weighted by Crippen LogP contribution is 2.29. The van der Waals surface area contributed by atoms with Crippen LogP contribution in [0.2, 0.25) is 0 Å². The minimum atomic E-state index is -0.645. The van der Waals surface area contributed by atoms with E-state index in [2.05, 4.69) is 5.32 Å². The molecule has 0 unspecified atom stereocenters. The van der Waals surface area contributed by atoms with Crippen molar-refractivity contribution in [1.82, 2.24) is 15.1 Å². The molecule has 0 spiro atoms. The number of carbonyl (C=O) groups excluding carboxylic acids is 2. The van der Waals surface area contributed by atoms with Gasteiger partial charge in [-0.25, -0.2) is 4.79 Å². The fraction of sp³-hybridized carbons (Fsp3) is 0.846. The molecule has 0 atom stereocenters. The summed E-state index contributed by atoms with van der Waals surface area (Å²) in [5, 5.41) is 2.78. The lowest BCUT2D eigenvalue weighted by atomic mass is 9.97. The lowest BCUT2D eigenvalue weighted by molar-refractivity contribution is -0.138. The van der Waals surface area contributed by atoms with Crippen LogP contribution in [0, 0.1) is 0 Å². The Morgan fingerprint density at radius 2 is 1.60 bits per heavy atom. The van der Waals surface area contributed by atoms with E-state index in [0.717, 1.165) is 25.7 Å². The predicted molar refractivity (Wildman–Crippen MR) is 79.9 cm³/mol. The maximum Gasteiger partial charge on any atom is 0.317 e. The number of piperazine rings is 1. The molecule has 3 N–H and O–H groups in total. The van der Waals surface area contributed by atoms with E-state index in [9.17, 15) is 9.59 Å². The van der Waals surface area contributed by atoms with Crippen LogP contribution in [0.5, 0.6) is 0 Å². The fourth-order valence-corrected chi connectivity index (χ4v) is 2.91. The molecule has 2 rings (SSSR count). The summed E-state index contributed by atoms with van der Waals surface area (Å²) in [4.78, 5) is 27.7. The van der Waals surface area contributed by atoms with E-state index in [1.165, 1.54) is 0 Å². The second-order valence-corrected chi connectivity index (χ2v) is 5.48. The smallest absolute Gasteiger partial charge is 0.317 e. The molecule has 1 heterocycles. The van der Waals surface area contributed by atoms with Gasteiger partial charge < -0.3 is 20.9 Å². The SMILES string of the molecule is CCNC(=O)N1CCN(C(=O)C2(N)CCCC2)CC1.Cl. The van der Waals surface area contributed by atoms with Gasteiger partial charge in [-0.05, 0) is 19.8 Å². The Morgan fingerprint density at radius 3 is 2.10 bits per heavy atom. The molecule has 0 radical (unpaired) electrons. The third kappa shape index (κ3) is 3.55. The van der Waals surface area contributed by atoms with Crippen LogP contribution in [0.25, 0.3) is 0 Å². The van der Waals surface area contributed by atoms with Crippen molar-refractivity contribution < 1.29 is 9.59 Å². The topological polar surface area (TPSA) is 78.7 Å². The Bertz CT molecular complexity index is 350. The van der Waals surface area contributed by atoms with Gasteiger partial charge in [0.15, 0.2) is 0 Å². The van der Waals surface area contributed by atoms with Gasteiger partial charge in [-0.1, -0.05) is 12.8 Å². The van der Waals surface area contributed by atoms with Crippen molar-refractivity contribution in [2.75, 3.05) is 32.7 Å². The highest BCUT2D eigenvalue weighted by atomic mass is 35.5. The summed E-state index contributed by atoms with van der Waals surface area (Å²) < 4.78 is 0. The standard InChI is InChI=1S/C13H24N4O2.ClH/c1-2-15-12(19)17-9-7-16(8-10-17)11(18)13(14)5-3-4-6-13;/h2-10,14H2,1H3,(H,15,19);1H. The highest BCUT2D eigenvalue weighted by Gasteiger charge is 2.40. The Morgan fingerprint density at radius 1 is 1.10 bits per heavy atom. The maximum atomic E-state index is 12.4. The summed E-state index contributed by atoms with van der Waals surface area (Å²) in [5.74, 6) is 0.0700. The molecular weight excluding hydrogens is 280 g/mol. The Kier molecular flexibility index (Phi) is 6.07. The van der Waals surface area contributed by atoms with E-state index in [1.54, 1.807) is 4.90 Å². The number of hydrogen-bond acceptors (Lipinski definition) is 3. The van der Waals surface area contributed by atoms with Crippen LogP contribution in [0.15, 0.2) is 0 Å². The Labute approximate surface area is 126 Å². The Hall–Kier alpha value is -1.01. The average molecular weight is 305 g/mol. The number of amides is 3. The van der Waals surface area contributed by atoms with Crippen LogP contribution in [-0.2, 0) is 4.79 Å². The molecule has 1 saturated heterocycles. The second-order valence-electron chi connectivity index (χ2n) is 5.48. The van der Waals surface area contributed by atoms with E-state index in [1.807, 2.05) is 11.8 Å². The summed E-state index contributed by atoms with van der Waals surface area (Å²) in [6.07, 6.45) is 3.67. The van der Waals surface area contributed by atoms with Gasteiger partial charge in [0.25, 0.3) is 0 Å². The maximum absolute atomic E-state index is 12.4. The van der Waals surface area contributed by atoms with Gasteiger partial charge >= 0.3 is 6.03 Å². The van der Waals surface area contributed by atoms with Gasteiger partial charge in [-0.15, -0.1) is 12.4 Å². The molecule has 2 aliphatic rings. The van der Waals surface area contributed by atoms with Gasteiger partial charge in [0.05, 0.1) is 5.54 Å². The van der Waals surface area contributed by atoms with E-state index in [4.69, 9.17) is 5.73 Å². The molecule has 1 aliphatic heterocycles. The third-order valence-electron chi connectivity index (χ3n) is 4.10. The number of nitrogens with two attached hydrogens (primary N) is 1. The lowest BCUT2D eigenvalue weighted by Gasteiger charge is -2.38. The van der Waals surface area contributed by atoms with Crippen LogP contribution in [0.1, 0.15) is 32.6 Å². The molecular formula is C13H25ClN4O2. The number of urea groups is 1. The van der Waals surface area contributed by atoms with Crippen LogP contribution in [-0.4, -0.2) is 60.0 Å². The monoisotopic (exact) mass is 304 g/mol. The molecule has 6 nitrogen and oxygen atoms in total. The second kappa shape index (κ2) is 7.13. The highest BCUT2D eigenvalue weighted by molar-refractivity contribution is 5.86. The van der Waals surface area contributed by atoms with Crippen LogP contribution < -0.4 is 11.1 Å². The van der Waals surface area contributed by atoms with Gasteiger partial charge in [-0.3, -0.25) is 4.79 Å². The lowest BCUT2D eigenvalue weighted by Crippen LogP contribution is -2.59. The van der Waals surface area contributed by atoms with Crippen molar-refractivity contribution in [3.63, 3.8) is 0 Å². The van der Waals surface area contributed by atoms with E-state index in [0.29, 0.717) is 32.7 Å². The van der Waals surface area contributed by atoms with Crippen LogP contribution in [0.4, 0.5) is 4.79 Å². The summed E-state index contributed by atoms with van der Waals surface area (Å²) in [5.41, 5.74) is 5.55. The van der Waals surface area contributed by atoms with Gasteiger partial charge in [-0.2, -0.15) is 0 Å². The number of halogens is 1. The van der Waals surface area contributed by atoms with Gasteiger partial charge in [0.1, 0.15) is 0 Å². The first-order valence-electron chi connectivity index (χ1n) is 7.18. The zero-order valence-corrected chi connectivity index (χ0v) is 12.9. The molecule has 0 aromatic rings. The molecule has 0 aromatic heterocycles. The van der Waals surface area contributed by atoms with Gasteiger partial charge in [0.2, 0.25) is 5.91 Å². The molecule has 0 bridgehead atoms. The normalized spacial score (nSPS) is 21.3. The minimum Gasteiger partial charge on any atom is -0.338 e. The zero-order valence-electron chi connectivity index (χ0n) is 12.1. The first-order valence-corrected chi connectivity index (χ1v) is 7.18. The van der Waals surface area contributed by atoms with Crippen LogP contribution >= 0.6 is 12.4 Å². The summed E-state index contributed by atoms with van der Waals surface area (Å²) in [6.45, 7) is 4.89. The van der Waals surface area contributed by atoms with Crippen molar-refractivity contribution in [3.05, 3.63) is 0 Å². The third-order valence-corrected chi connectivity index (χ3v) is 4.10. The van der Waals surface area contributed by atoms with E-state index >= 15 is 0 Å². The Balaban J connectivity index is 0.00000200. The number of carbonyl (C=O) groups is 2. The van der Waals surface area contributed by atoms with Crippen molar-refractivity contribution in [1.29, 1.82) is 0 Å². The fourth-order valence-electron chi connectivity index (χ4n) is 2.91. The summed E-state index contributed by atoms with van der Waals surface area (Å²) in [7, 11) is 0. The first kappa shape index (κ1) is 17.0. The molecule has 3 amide bonds. The number of rotatable bonds is 2. The number of nitrogens with one attached hydrogen (secondary N) is 1. The van der Waals surface area contributed by atoms with Crippen molar-refractivity contribution >= 4 is 24.3 Å². The molecule has 0 aromatic carbocycles. The molecule has 1 saturated carbocycles. The number of hydrogen-bond donors (Lipinski definition) is 2. The molecule has 7 heteroatoms. The summed E-state index contributed by atoms with van der Waals surface area (Å²) in [6, 6.07) is -0.0436. The quantitative estimate of drug-likeness (QED) is 0.782. The van der Waals surface area contributed by atoms with Crippen molar-refractivity contribution in [2.45, 2.75) is 38.1 Å². The van der Waals surface area contributed by atoms with Gasteiger partial charge in [0, 0.05) is 32.7 Å².